The molecule has 1 aliphatic rings. The van der Waals surface area contributed by atoms with Gasteiger partial charge in [0.1, 0.15) is 12.1 Å². The molecule has 0 heterocycles. The van der Waals surface area contributed by atoms with E-state index in [0.29, 0.717) is 5.92 Å². The average Bonchev–Trinajstić information content (AvgIpc) is 2.62. The van der Waals surface area contributed by atoms with Gasteiger partial charge in [-0.15, -0.1) is 0 Å². The number of carbonyl (C=O) groups excluding carboxylic acids is 3. The molecule has 1 fully saturated rings. The first kappa shape index (κ1) is 22.5. The molecule has 0 radical (unpaired) electrons. The number of ether oxygens (including phenoxy) is 1. The molecule has 6 heteroatoms. The van der Waals surface area contributed by atoms with E-state index in [0.717, 1.165) is 32.1 Å². The monoisotopic (exact) mass is 368 g/mol. The minimum absolute atomic E-state index is 0.0212. The van der Waals surface area contributed by atoms with Crippen molar-refractivity contribution in [2.45, 2.75) is 78.8 Å². The van der Waals surface area contributed by atoms with E-state index in [1.807, 2.05) is 27.7 Å². The first-order chi connectivity index (χ1) is 12.2. The van der Waals surface area contributed by atoms with E-state index in [1.54, 1.807) is 0 Å². The number of nitrogens with one attached hydrogen (secondary N) is 2. The maximum absolute atomic E-state index is 12.8. The van der Waals surface area contributed by atoms with E-state index in [9.17, 15) is 14.4 Å². The Morgan fingerprint density at radius 2 is 1.58 bits per heavy atom. The molecule has 2 amide bonds. The van der Waals surface area contributed by atoms with E-state index in [2.05, 4.69) is 17.6 Å². The molecule has 1 saturated carbocycles. The highest BCUT2D eigenvalue weighted by molar-refractivity contribution is 5.91. The highest BCUT2D eigenvalue weighted by Crippen LogP contribution is 2.28. The van der Waals surface area contributed by atoms with Crippen LogP contribution in [0.2, 0.25) is 0 Å². The van der Waals surface area contributed by atoms with E-state index in [4.69, 9.17) is 4.74 Å². The molecule has 3 atom stereocenters. The third-order valence-corrected chi connectivity index (χ3v) is 5.60. The van der Waals surface area contributed by atoms with Crippen LogP contribution in [0.1, 0.15) is 66.7 Å². The van der Waals surface area contributed by atoms with Gasteiger partial charge in [-0.25, -0.2) is 4.79 Å². The van der Waals surface area contributed by atoms with E-state index < -0.39 is 18.1 Å². The number of rotatable bonds is 8. The van der Waals surface area contributed by atoms with Crippen LogP contribution in [-0.4, -0.2) is 37.0 Å². The summed E-state index contributed by atoms with van der Waals surface area (Å²) in [6.07, 6.45) is 4.61. The van der Waals surface area contributed by atoms with Crippen LogP contribution in [0, 0.1) is 23.7 Å². The highest BCUT2D eigenvalue weighted by atomic mass is 16.5. The lowest BCUT2D eigenvalue weighted by atomic mass is 9.82. The minimum Gasteiger partial charge on any atom is -0.467 e. The maximum atomic E-state index is 12.8. The third kappa shape index (κ3) is 6.29. The summed E-state index contributed by atoms with van der Waals surface area (Å²) in [6, 6.07) is -1.36. The fraction of sp³-hybridized carbons (Fsp3) is 0.850. The molecule has 0 aromatic carbocycles. The van der Waals surface area contributed by atoms with Crippen LogP contribution >= 0.6 is 0 Å². The zero-order chi connectivity index (χ0) is 19.9. The normalized spacial score (nSPS) is 23.7. The Hall–Kier alpha value is -1.59. The summed E-state index contributed by atoms with van der Waals surface area (Å²) in [5, 5.41) is 5.72. The molecule has 26 heavy (non-hydrogen) atoms. The topological polar surface area (TPSA) is 84.5 Å². The molecule has 0 saturated heterocycles. The van der Waals surface area contributed by atoms with E-state index in [-0.39, 0.29) is 29.6 Å². The smallest absolute Gasteiger partial charge is 0.328 e. The first-order valence-corrected chi connectivity index (χ1v) is 9.89. The standard InChI is InChI=1S/C20H36N2O4/c1-7-14(5)17(19(24)21-16(12(2)3)20(25)26-6)22-18(23)15-10-8-13(4)9-11-15/h12-17H,7-11H2,1-6H3,(H,21,24)(H,22,23)/t13?,14-,15?,16+,17+/m0/s1. The summed E-state index contributed by atoms with van der Waals surface area (Å²) >= 11 is 0. The Kier molecular flexibility index (Phi) is 9.09. The lowest BCUT2D eigenvalue weighted by Crippen LogP contribution is -2.56. The van der Waals surface area contributed by atoms with Crippen molar-refractivity contribution in [2.24, 2.45) is 23.7 Å². The Balaban J connectivity index is 2.80. The molecule has 1 rings (SSSR count). The van der Waals surface area contributed by atoms with Crippen molar-refractivity contribution in [3.8, 4) is 0 Å². The minimum atomic E-state index is -0.716. The molecule has 150 valence electrons. The lowest BCUT2D eigenvalue weighted by Gasteiger charge is -2.30. The molecule has 1 aliphatic carbocycles. The zero-order valence-corrected chi connectivity index (χ0v) is 17.1. The summed E-state index contributed by atoms with van der Waals surface area (Å²) < 4.78 is 4.79. The van der Waals surface area contributed by atoms with Crippen LogP contribution in [0.4, 0.5) is 0 Å². The predicted molar refractivity (Wildman–Crippen MR) is 101 cm³/mol. The van der Waals surface area contributed by atoms with Gasteiger partial charge in [0.2, 0.25) is 11.8 Å². The Morgan fingerprint density at radius 3 is 2.04 bits per heavy atom. The Labute approximate surface area is 157 Å². The third-order valence-electron chi connectivity index (χ3n) is 5.60. The fourth-order valence-corrected chi connectivity index (χ4v) is 3.36. The summed E-state index contributed by atoms with van der Waals surface area (Å²) in [4.78, 5) is 37.4. The van der Waals surface area contributed by atoms with E-state index in [1.165, 1.54) is 7.11 Å². The average molecular weight is 369 g/mol. The highest BCUT2D eigenvalue weighted by Gasteiger charge is 2.33. The van der Waals surface area contributed by atoms with Crippen LogP contribution in [0.3, 0.4) is 0 Å². The van der Waals surface area contributed by atoms with Gasteiger partial charge < -0.3 is 15.4 Å². The molecule has 0 aromatic rings. The van der Waals surface area contributed by atoms with Gasteiger partial charge in [0, 0.05) is 5.92 Å². The first-order valence-electron chi connectivity index (χ1n) is 9.89. The van der Waals surface area contributed by atoms with Crippen LogP contribution in [0.25, 0.3) is 0 Å². The molecular weight excluding hydrogens is 332 g/mol. The second kappa shape index (κ2) is 10.5. The number of hydrogen-bond donors (Lipinski definition) is 2. The Bertz CT molecular complexity index is 484. The molecule has 0 unspecified atom stereocenters. The van der Waals surface area contributed by atoms with Gasteiger partial charge in [0.25, 0.3) is 0 Å². The van der Waals surface area contributed by atoms with Gasteiger partial charge in [-0.05, 0) is 43.4 Å². The molecular formula is C20H36N2O4. The van der Waals surface area contributed by atoms with Crippen molar-refractivity contribution in [1.29, 1.82) is 0 Å². The predicted octanol–water partition coefficient (Wildman–Crippen LogP) is 2.66. The lowest BCUT2D eigenvalue weighted by molar-refractivity contribution is -0.147. The van der Waals surface area contributed by atoms with Crippen LogP contribution in [-0.2, 0) is 19.1 Å². The van der Waals surface area contributed by atoms with Crippen molar-refractivity contribution in [3.63, 3.8) is 0 Å². The number of carbonyl (C=O) groups is 3. The van der Waals surface area contributed by atoms with Gasteiger partial charge >= 0.3 is 5.97 Å². The van der Waals surface area contributed by atoms with Crippen molar-refractivity contribution in [1.82, 2.24) is 10.6 Å². The number of esters is 1. The van der Waals surface area contributed by atoms with Gasteiger partial charge in [-0.2, -0.15) is 0 Å². The Morgan fingerprint density at radius 1 is 1.00 bits per heavy atom. The molecule has 0 bridgehead atoms. The molecule has 0 aliphatic heterocycles. The van der Waals surface area contributed by atoms with Crippen LogP contribution in [0.15, 0.2) is 0 Å². The fourth-order valence-electron chi connectivity index (χ4n) is 3.36. The molecule has 0 spiro atoms. The summed E-state index contributed by atoms with van der Waals surface area (Å²) in [7, 11) is 1.31. The second-order valence-electron chi connectivity index (χ2n) is 8.08. The van der Waals surface area contributed by atoms with Gasteiger partial charge in [-0.1, -0.05) is 41.0 Å². The molecule has 2 N–H and O–H groups in total. The zero-order valence-electron chi connectivity index (χ0n) is 17.1. The maximum Gasteiger partial charge on any atom is 0.328 e. The summed E-state index contributed by atoms with van der Waals surface area (Å²) in [5.41, 5.74) is 0. The number of hydrogen-bond acceptors (Lipinski definition) is 4. The number of methoxy groups -OCH3 is 1. The number of amides is 2. The van der Waals surface area contributed by atoms with Gasteiger partial charge in [0.15, 0.2) is 0 Å². The van der Waals surface area contributed by atoms with Gasteiger partial charge in [-0.3, -0.25) is 9.59 Å². The second-order valence-corrected chi connectivity index (χ2v) is 8.08. The summed E-state index contributed by atoms with van der Waals surface area (Å²) in [6.45, 7) is 9.84. The van der Waals surface area contributed by atoms with Crippen LogP contribution in [0.5, 0.6) is 0 Å². The van der Waals surface area contributed by atoms with Crippen molar-refractivity contribution in [3.05, 3.63) is 0 Å². The molecule has 6 nitrogen and oxygen atoms in total. The van der Waals surface area contributed by atoms with Crippen molar-refractivity contribution >= 4 is 17.8 Å². The van der Waals surface area contributed by atoms with E-state index >= 15 is 0 Å². The summed E-state index contributed by atoms with van der Waals surface area (Å²) in [5.74, 6) is -0.306. The molecule has 0 aromatic heterocycles. The SMILES string of the molecule is CC[C@H](C)[C@@H](NC(=O)C1CCC(C)CC1)C(=O)N[C@@H](C(=O)OC)C(C)C. The van der Waals surface area contributed by atoms with Crippen molar-refractivity contribution in [2.75, 3.05) is 7.11 Å². The largest absolute Gasteiger partial charge is 0.467 e. The van der Waals surface area contributed by atoms with Crippen LogP contribution < -0.4 is 10.6 Å². The van der Waals surface area contributed by atoms with Gasteiger partial charge in [0.05, 0.1) is 7.11 Å². The quantitative estimate of drug-likeness (QED) is 0.645. The van der Waals surface area contributed by atoms with Crippen molar-refractivity contribution < 1.29 is 19.1 Å².